The number of benzene rings is 1. The van der Waals surface area contributed by atoms with E-state index in [1.807, 2.05) is 6.92 Å². The predicted molar refractivity (Wildman–Crippen MR) is 81.3 cm³/mol. The number of nitrogens with one attached hydrogen (secondary N) is 1. The number of halogens is 2. The summed E-state index contributed by atoms with van der Waals surface area (Å²) in [4.78, 5) is 9.04. The van der Waals surface area contributed by atoms with E-state index >= 15 is 0 Å². The van der Waals surface area contributed by atoms with Crippen LogP contribution < -0.4 is 5.32 Å². The lowest BCUT2D eigenvalue weighted by Gasteiger charge is -2.09. The second-order valence-corrected chi connectivity index (χ2v) is 5.84. The molecule has 1 aromatic carbocycles. The van der Waals surface area contributed by atoms with Gasteiger partial charge in [-0.15, -0.1) is 0 Å². The van der Waals surface area contributed by atoms with E-state index in [0.29, 0.717) is 17.2 Å². The van der Waals surface area contributed by atoms with Gasteiger partial charge in [-0.3, -0.25) is 0 Å². The van der Waals surface area contributed by atoms with Gasteiger partial charge in [-0.2, -0.15) is 0 Å². The molecule has 0 atom stereocenters. The summed E-state index contributed by atoms with van der Waals surface area (Å²) in [6.07, 6.45) is 2.24. The van der Waals surface area contributed by atoms with Crippen LogP contribution >= 0.6 is 15.9 Å². The van der Waals surface area contributed by atoms with Crippen LogP contribution in [0.1, 0.15) is 31.5 Å². The summed E-state index contributed by atoms with van der Waals surface area (Å²) in [5, 5.41) is 3.19. The Hall–Kier alpha value is -1.49. The summed E-state index contributed by atoms with van der Waals surface area (Å²) < 4.78 is 14.9. The van der Waals surface area contributed by atoms with Crippen molar-refractivity contribution in [2.75, 3.05) is 11.9 Å². The average molecular weight is 336 g/mol. The van der Waals surface area contributed by atoms with Gasteiger partial charge in [0.25, 0.3) is 0 Å². The molecule has 0 bridgehead atoms. The molecule has 0 spiro atoms. The Kier molecular flexibility index (Phi) is 3.70. The SMILES string of the molecule is CCNc1cc(-c2cc(Br)ccc2F)nc(C2CC2)n1. The lowest BCUT2D eigenvalue weighted by atomic mass is 10.1. The molecule has 5 heteroatoms. The van der Waals surface area contributed by atoms with Gasteiger partial charge in [0, 0.05) is 28.6 Å². The van der Waals surface area contributed by atoms with E-state index in [0.717, 1.165) is 35.5 Å². The third-order valence-corrected chi connectivity index (χ3v) is 3.74. The summed E-state index contributed by atoms with van der Waals surface area (Å²) in [6.45, 7) is 2.79. The van der Waals surface area contributed by atoms with E-state index in [9.17, 15) is 4.39 Å². The third kappa shape index (κ3) is 2.82. The van der Waals surface area contributed by atoms with Gasteiger partial charge in [-0.05, 0) is 38.0 Å². The fourth-order valence-corrected chi connectivity index (χ4v) is 2.45. The monoisotopic (exact) mass is 335 g/mol. The molecule has 104 valence electrons. The number of hydrogen-bond donors (Lipinski definition) is 1. The van der Waals surface area contributed by atoms with Crippen LogP contribution in [0.25, 0.3) is 11.3 Å². The lowest BCUT2D eigenvalue weighted by molar-refractivity contribution is 0.630. The van der Waals surface area contributed by atoms with Crippen molar-refractivity contribution in [3.8, 4) is 11.3 Å². The average Bonchev–Trinajstić information content (AvgIpc) is 3.26. The summed E-state index contributed by atoms with van der Waals surface area (Å²) >= 11 is 3.38. The van der Waals surface area contributed by atoms with Crippen LogP contribution in [0.15, 0.2) is 28.7 Å². The fraction of sp³-hybridized carbons (Fsp3) is 0.333. The van der Waals surface area contributed by atoms with Crippen LogP contribution in [0.4, 0.5) is 10.2 Å². The van der Waals surface area contributed by atoms with E-state index in [1.54, 1.807) is 18.2 Å². The number of nitrogens with zero attached hydrogens (tertiary/aromatic N) is 2. The molecule has 1 aliphatic carbocycles. The molecule has 0 unspecified atom stereocenters. The van der Waals surface area contributed by atoms with Gasteiger partial charge in [0.2, 0.25) is 0 Å². The van der Waals surface area contributed by atoms with Gasteiger partial charge in [-0.1, -0.05) is 15.9 Å². The lowest BCUT2D eigenvalue weighted by Crippen LogP contribution is -2.04. The Bertz CT molecular complexity index is 641. The van der Waals surface area contributed by atoms with Crippen molar-refractivity contribution in [1.29, 1.82) is 0 Å². The molecule has 1 heterocycles. The maximum atomic E-state index is 14.0. The van der Waals surface area contributed by atoms with Crippen molar-refractivity contribution in [2.45, 2.75) is 25.7 Å². The summed E-state index contributed by atoms with van der Waals surface area (Å²) in [5.74, 6) is 1.75. The van der Waals surface area contributed by atoms with E-state index in [2.05, 4.69) is 31.2 Å². The number of aromatic nitrogens is 2. The van der Waals surface area contributed by atoms with Crippen LogP contribution in [0.5, 0.6) is 0 Å². The zero-order valence-corrected chi connectivity index (χ0v) is 12.7. The maximum absolute atomic E-state index is 14.0. The van der Waals surface area contributed by atoms with Crippen molar-refractivity contribution < 1.29 is 4.39 Å². The van der Waals surface area contributed by atoms with Crippen LogP contribution in [0.3, 0.4) is 0 Å². The minimum atomic E-state index is -0.268. The number of rotatable bonds is 4. The first-order chi connectivity index (χ1) is 9.67. The predicted octanol–water partition coefficient (Wildman–Crippen LogP) is 4.35. The topological polar surface area (TPSA) is 37.8 Å². The van der Waals surface area contributed by atoms with Crippen molar-refractivity contribution in [3.05, 3.63) is 40.4 Å². The summed E-state index contributed by atoms with van der Waals surface area (Å²) in [7, 11) is 0. The molecule has 3 rings (SSSR count). The standard InChI is InChI=1S/C15H15BrFN3/c1-2-18-14-8-13(19-15(20-14)9-3-4-9)11-7-10(16)5-6-12(11)17/h5-9H,2-4H2,1H3,(H,18,19,20). The molecule has 0 saturated heterocycles. The molecule has 20 heavy (non-hydrogen) atoms. The Morgan fingerprint density at radius 3 is 2.80 bits per heavy atom. The van der Waals surface area contributed by atoms with Crippen molar-refractivity contribution in [1.82, 2.24) is 9.97 Å². The molecular formula is C15H15BrFN3. The Morgan fingerprint density at radius 1 is 1.30 bits per heavy atom. The normalized spacial score (nSPS) is 14.3. The van der Waals surface area contributed by atoms with Crippen LogP contribution in [-0.2, 0) is 0 Å². The third-order valence-electron chi connectivity index (χ3n) is 3.25. The van der Waals surface area contributed by atoms with Crippen molar-refractivity contribution in [2.24, 2.45) is 0 Å². The minimum Gasteiger partial charge on any atom is -0.370 e. The highest BCUT2D eigenvalue weighted by Gasteiger charge is 2.27. The molecule has 0 aliphatic heterocycles. The van der Waals surface area contributed by atoms with E-state index in [1.165, 1.54) is 6.07 Å². The molecule has 1 fully saturated rings. The van der Waals surface area contributed by atoms with Crippen molar-refractivity contribution in [3.63, 3.8) is 0 Å². The number of anilines is 1. The van der Waals surface area contributed by atoms with Gasteiger partial charge in [0.05, 0.1) is 5.69 Å². The highest BCUT2D eigenvalue weighted by molar-refractivity contribution is 9.10. The zero-order valence-electron chi connectivity index (χ0n) is 11.2. The van der Waals surface area contributed by atoms with Crippen LogP contribution in [0.2, 0.25) is 0 Å². The Labute approximate surface area is 125 Å². The van der Waals surface area contributed by atoms with Gasteiger partial charge in [-0.25, -0.2) is 14.4 Å². The maximum Gasteiger partial charge on any atom is 0.134 e. The highest BCUT2D eigenvalue weighted by Crippen LogP contribution is 2.39. The molecular weight excluding hydrogens is 321 g/mol. The summed E-state index contributed by atoms with van der Waals surface area (Å²) in [6, 6.07) is 6.70. The van der Waals surface area contributed by atoms with Crippen LogP contribution in [-0.4, -0.2) is 16.5 Å². The quantitative estimate of drug-likeness (QED) is 0.902. The van der Waals surface area contributed by atoms with E-state index < -0.39 is 0 Å². The summed E-state index contributed by atoms with van der Waals surface area (Å²) in [5.41, 5.74) is 1.14. The van der Waals surface area contributed by atoms with E-state index in [-0.39, 0.29) is 5.82 Å². The Balaban J connectivity index is 2.09. The van der Waals surface area contributed by atoms with Gasteiger partial charge < -0.3 is 5.32 Å². The fourth-order valence-electron chi connectivity index (χ4n) is 2.09. The van der Waals surface area contributed by atoms with Crippen LogP contribution in [0, 0.1) is 5.82 Å². The molecule has 1 saturated carbocycles. The highest BCUT2D eigenvalue weighted by atomic mass is 79.9. The van der Waals surface area contributed by atoms with Gasteiger partial charge in [0.1, 0.15) is 17.5 Å². The first-order valence-corrected chi connectivity index (χ1v) is 7.55. The molecule has 0 radical (unpaired) electrons. The van der Waals surface area contributed by atoms with Gasteiger partial charge >= 0.3 is 0 Å². The largest absolute Gasteiger partial charge is 0.370 e. The van der Waals surface area contributed by atoms with E-state index in [4.69, 9.17) is 0 Å². The Morgan fingerprint density at radius 2 is 2.10 bits per heavy atom. The molecule has 0 amide bonds. The molecule has 3 nitrogen and oxygen atoms in total. The first kappa shape index (κ1) is 13.5. The zero-order chi connectivity index (χ0) is 14.1. The van der Waals surface area contributed by atoms with Crippen molar-refractivity contribution >= 4 is 21.7 Å². The number of hydrogen-bond acceptors (Lipinski definition) is 3. The minimum absolute atomic E-state index is 0.268. The molecule has 2 aromatic rings. The molecule has 1 aromatic heterocycles. The smallest absolute Gasteiger partial charge is 0.134 e. The van der Waals surface area contributed by atoms with Gasteiger partial charge in [0.15, 0.2) is 0 Å². The second-order valence-electron chi connectivity index (χ2n) is 4.93. The molecule has 1 aliphatic rings. The second kappa shape index (κ2) is 5.48. The molecule has 1 N–H and O–H groups in total. The first-order valence-electron chi connectivity index (χ1n) is 6.75.